The van der Waals surface area contributed by atoms with E-state index in [4.69, 9.17) is 21.2 Å². The van der Waals surface area contributed by atoms with Gasteiger partial charge in [-0.25, -0.2) is 9.78 Å². The van der Waals surface area contributed by atoms with Crippen LogP contribution in [0.15, 0.2) is 47.6 Å². The number of fused-ring (bicyclic) bond motifs is 1. The topological polar surface area (TPSA) is 79.1 Å². The van der Waals surface area contributed by atoms with Gasteiger partial charge in [0.2, 0.25) is 0 Å². The normalized spacial score (nSPS) is 10.7. The Labute approximate surface area is 150 Å². The van der Waals surface area contributed by atoms with E-state index in [1.54, 1.807) is 24.4 Å². The Bertz CT molecular complexity index is 831. The molecule has 0 fully saturated rings. The molecule has 0 spiro atoms. The number of benzene rings is 1. The van der Waals surface area contributed by atoms with Gasteiger partial charge >= 0.3 is 6.16 Å². The highest BCUT2D eigenvalue weighted by Gasteiger charge is 2.11. The Hall–Kier alpha value is -1.97. The van der Waals surface area contributed by atoms with Crippen molar-refractivity contribution in [1.82, 2.24) is 20.1 Å². The number of nitrogens with zero attached hydrogens (tertiary/aromatic N) is 4. The summed E-state index contributed by atoms with van der Waals surface area (Å²) in [7, 11) is 3.04. The van der Waals surface area contributed by atoms with Crippen LogP contribution in [0, 0.1) is 0 Å². The highest BCUT2D eigenvalue weighted by molar-refractivity contribution is 8.76. The van der Waals surface area contributed by atoms with Crippen LogP contribution in [-0.2, 0) is 4.74 Å². The molecule has 0 N–H and O–H groups in total. The van der Waals surface area contributed by atoms with Crippen LogP contribution in [0.25, 0.3) is 11.0 Å². The van der Waals surface area contributed by atoms with Gasteiger partial charge in [0.25, 0.3) is 0 Å². The molecule has 7 nitrogen and oxygen atoms in total. The van der Waals surface area contributed by atoms with Crippen molar-refractivity contribution in [2.24, 2.45) is 0 Å². The molecule has 0 unspecified atom stereocenters. The molecule has 3 rings (SSSR count). The van der Waals surface area contributed by atoms with Crippen molar-refractivity contribution in [2.75, 3.05) is 12.4 Å². The molecule has 1 aromatic carbocycles. The lowest BCUT2D eigenvalue weighted by Gasteiger charge is -2.05. The van der Waals surface area contributed by atoms with Gasteiger partial charge in [-0.1, -0.05) is 33.3 Å². The van der Waals surface area contributed by atoms with E-state index >= 15 is 0 Å². The predicted octanol–water partition coefficient (Wildman–Crippen LogP) is 3.49. The molecule has 0 bridgehead atoms. The molecule has 0 aliphatic heterocycles. The zero-order valence-corrected chi connectivity index (χ0v) is 14.6. The van der Waals surface area contributed by atoms with Gasteiger partial charge in [0.1, 0.15) is 22.7 Å². The Balaban J connectivity index is 1.43. The second kappa shape index (κ2) is 8.22. The highest BCUT2D eigenvalue weighted by atomic mass is 35.5. The number of carbonyl (C=O) groups is 1. The van der Waals surface area contributed by atoms with Crippen LogP contribution in [0.4, 0.5) is 4.79 Å². The van der Waals surface area contributed by atoms with Crippen LogP contribution in [0.5, 0.6) is 0 Å². The summed E-state index contributed by atoms with van der Waals surface area (Å²) in [5.74, 6) is 0.597. The molecule has 0 radical (unpaired) electrons. The summed E-state index contributed by atoms with van der Waals surface area (Å²) in [5, 5.41) is 8.98. The lowest BCUT2D eigenvalue weighted by Crippen LogP contribution is -2.22. The fourth-order valence-corrected chi connectivity index (χ4v) is 3.57. The minimum Gasteiger partial charge on any atom is -0.432 e. The molecule has 0 aliphatic carbocycles. The molecule has 10 heteroatoms. The van der Waals surface area contributed by atoms with Crippen LogP contribution in [0.2, 0.25) is 5.02 Å². The fourth-order valence-electron chi connectivity index (χ4n) is 1.69. The second-order valence-electron chi connectivity index (χ2n) is 4.36. The smallest absolute Gasteiger partial charge is 0.432 e. The SMILES string of the molecule is O=C(OCCSSc1ccccn1)On1nnc2ccc(Cl)cc21. The zero-order chi connectivity index (χ0) is 16.8. The van der Waals surface area contributed by atoms with Crippen molar-refractivity contribution >= 4 is 50.4 Å². The molecule has 0 atom stereocenters. The van der Waals surface area contributed by atoms with E-state index in [0.29, 0.717) is 21.8 Å². The van der Waals surface area contributed by atoms with Crippen molar-refractivity contribution in [1.29, 1.82) is 0 Å². The molecule has 0 saturated heterocycles. The first-order chi connectivity index (χ1) is 11.7. The molecule has 3 aromatic rings. The Morgan fingerprint density at radius 3 is 3.04 bits per heavy atom. The van der Waals surface area contributed by atoms with E-state index in [1.807, 2.05) is 18.2 Å². The van der Waals surface area contributed by atoms with Crippen molar-refractivity contribution in [3.63, 3.8) is 0 Å². The number of halogens is 1. The number of pyridine rings is 1. The average Bonchev–Trinajstić information content (AvgIpc) is 2.97. The van der Waals surface area contributed by atoms with Gasteiger partial charge in [0, 0.05) is 17.0 Å². The number of hydrogen-bond donors (Lipinski definition) is 0. The molecule has 124 valence electrons. The number of rotatable bonds is 6. The maximum Gasteiger partial charge on any atom is 0.535 e. The summed E-state index contributed by atoms with van der Waals surface area (Å²) in [4.78, 5) is 21.8. The largest absolute Gasteiger partial charge is 0.535 e. The molecule has 0 amide bonds. The summed E-state index contributed by atoms with van der Waals surface area (Å²) in [5.41, 5.74) is 1.05. The van der Waals surface area contributed by atoms with Crippen LogP contribution in [0.1, 0.15) is 0 Å². The Morgan fingerprint density at radius 1 is 1.29 bits per heavy atom. The van der Waals surface area contributed by atoms with Gasteiger partial charge in [-0.3, -0.25) is 4.84 Å². The van der Waals surface area contributed by atoms with E-state index in [9.17, 15) is 4.79 Å². The maximum atomic E-state index is 11.7. The van der Waals surface area contributed by atoms with Crippen LogP contribution in [0.3, 0.4) is 0 Å². The van der Waals surface area contributed by atoms with Gasteiger partial charge < -0.3 is 4.74 Å². The molecule has 2 aromatic heterocycles. The van der Waals surface area contributed by atoms with E-state index in [1.165, 1.54) is 21.6 Å². The molecule has 0 saturated carbocycles. The molecule has 24 heavy (non-hydrogen) atoms. The van der Waals surface area contributed by atoms with E-state index < -0.39 is 6.16 Å². The van der Waals surface area contributed by atoms with Crippen LogP contribution < -0.4 is 4.84 Å². The first-order valence-electron chi connectivity index (χ1n) is 6.79. The minimum absolute atomic E-state index is 0.205. The number of hydrogen-bond acceptors (Lipinski definition) is 8. The standard InChI is InChI=1S/C14H11ClN4O3S2/c15-10-4-5-11-12(9-10)19(18-17-11)22-14(20)21-7-8-23-24-13-3-1-2-6-16-13/h1-6,9H,7-8H2. The third-order valence-electron chi connectivity index (χ3n) is 2.71. The summed E-state index contributed by atoms with van der Waals surface area (Å²) in [6.07, 6.45) is 0.871. The Morgan fingerprint density at radius 2 is 2.21 bits per heavy atom. The molecular formula is C14H11ClN4O3S2. The van der Waals surface area contributed by atoms with Crippen LogP contribution in [-0.4, -0.2) is 38.7 Å². The second-order valence-corrected chi connectivity index (χ2v) is 7.23. The zero-order valence-electron chi connectivity index (χ0n) is 12.2. The number of aromatic nitrogens is 4. The molecule has 0 aliphatic rings. The lowest BCUT2D eigenvalue weighted by atomic mass is 10.3. The average molecular weight is 383 g/mol. The number of carbonyl (C=O) groups excluding carboxylic acids is 1. The van der Waals surface area contributed by atoms with Crippen molar-refractivity contribution in [3.05, 3.63) is 47.6 Å². The van der Waals surface area contributed by atoms with E-state index in [-0.39, 0.29) is 6.61 Å². The monoisotopic (exact) mass is 382 g/mol. The maximum absolute atomic E-state index is 11.7. The van der Waals surface area contributed by atoms with Gasteiger partial charge in [0.15, 0.2) is 0 Å². The lowest BCUT2D eigenvalue weighted by molar-refractivity contribution is 0.0434. The third-order valence-corrected chi connectivity index (χ3v) is 5.17. The summed E-state index contributed by atoms with van der Waals surface area (Å²) in [6.45, 7) is 0.205. The minimum atomic E-state index is -0.856. The summed E-state index contributed by atoms with van der Waals surface area (Å²) >= 11 is 5.90. The van der Waals surface area contributed by atoms with E-state index in [0.717, 1.165) is 9.87 Å². The van der Waals surface area contributed by atoms with Gasteiger partial charge in [-0.2, -0.15) is 0 Å². The van der Waals surface area contributed by atoms with Crippen molar-refractivity contribution in [2.45, 2.75) is 5.03 Å². The van der Waals surface area contributed by atoms with Crippen LogP contribution >= 0.6 is 33.2 Å². The summed E-state index contributed by atoms with van der Waals surface area (Å²) < 4.78 is 5.00. The molecule has 2 heterocycles. The van der Waals surface area contributed by atoms with Gasteiger partial charge in [-0.05, 0) is 46.3 Å². The Kier molecular flexibility index (Phi) is 5.78. The first kappa shape index (κ1) is 16.9. The third kappa shape index (κ3) is 4.53. The summed E-state index contributed by atoms with van der Waals surface area (Å²) in [6, 6.07) is 10.6. The van der Waals surface area contributed by atoms with Gasteiger partial charge in [-0.15, -0.1) is 5.10 Å². The molecular weight excluding hydrogens is 372 g/mol. The highest BCUT2D eigenvalue weighted by Crippen LogP contribution is 2.28. The van der Waals surface area contributed by atoms with Gasteiger partial charge in [0.05, 0.1) is 0 Å². The van der Waals surface area contributed by atoms with Crippen molar-refractivity contribution in [3.8, 4) is 0 Å². The number of ether oxygens (including phenoxy) is 1. The quantitative estimate of drug-likeness (QED) is 0.277. The van der Waals surface area contributed by atoms with E-state index in [2.05, 4.69) is 15.3 Å². The first-order valence-corrected chi connectivity index (χ1v) is 9.48. The predicted molar refractivity (Wildman–Crippen MR) is 93.0 cm³/mol. The fraction of sp³-hybridized carbons (Fsp3) is 0.143. The van der Waals surface area contributed by atoms with Crippen molar-refractivity contribution < 1.29 is 14.4 Å².